The summed E-state index contributed by atoms with van der Waals surface area (Å²) in [4.78, 5) is 27.4. The Morgan fingerprint density at radius 3 is 0.856 bits per heavy atom. The van der Waals surface area contributed by atoms with Crippen molar-refractivity contribution in [3.05, 3.63) is 118 Å². The lowest BCUT2D eigenvalue weighted by molar-refractivity contribution is -0.206. The predicted molar refractivity (Wildman–Crippen MR) is 429 cm³/mol. The van der Waals surface area contributed by atoms with E-state index in [0.29, 0.717) is 75.6 Å². The van der Waals surface area contributed by atoms with Crippen LogP contribution in [0.1, 0.15) is 380 Å². The summed E-state index contributed by atoms with van der Waals surface area (Å²) in [5.74, 6) is 4.21. The minimum atomic E-state index is -0.677. The van der Waals surface area contributed by atoms with Gasteiger partial charge in [-0.05, 0) is 173 Å². The van der Waals surface area contributed by atoms with E-state index in [-0.39, 0.29) is 23.7 Å². The molecule has 2 aliphatic heterocycles. The van der Waals surface area contributed by atoms with E-state index in [2.05, 4.69) is 52.2 Å². The number of rotatable bonds is 58. The van der Waals surface area contributed by atoms with Crippen molar-refractivity contribution in [1.82, 2.24) is 20.8 Å². The van der Waals surface area contributed by atoms with E-state index >= 15 is 0 Å². The summed E-state index contributed by atoms with van der Waals surface area (Å²) in [5, 5.41) is 36.9. The quantitative estimate of drug-likeness (QED) is 0.0416. The summed E-state index contributed by atoms with van der Waals surface area (Å²) in [5.41, 5.74) is 3.60. The number of hydrogen-bond acceptors (Lipinski definition) is 8. The monoisotopic (exact) mass is 1440 g/mol. The summed E-state index contributed by atoms with van der Waals surface area (Å²) in [6, 6.07) is 27.6. The van der Waals surface area contributed by atoms with Gasteiger partial charge in [0.05, 0.1) is 37.5 Å². The van der Waals surface area contributed by atoms with Crippen LogP contribution in [0, 0.1) is 23.7 Å². The maximum Gasteiger partial charge on any atom is 0.251 e. The van der Waals surface area contributed by atoms with Gasteiger partial charge in [0.1, 0.15) is 0 Å². The zero-order chi connectivity index (χ0) is 73.7. The highest BCUT2D eigenvalue weighted by Gasteiger charge is 2.50. The number of unbranched alkanes of at least 4 members (excludes halogenated alkanes) is 36. The fourth-order valence-electron chi connectivity index (χ4n) is 16.8. The van der Waals surface area contributed by atoms with Crippen molar-refractivity contribution in [2.75, 3.05) is 39.5 Å². The molecule has 582 valence electrons. The first kappa shape index (κ1) is 86.1. The van der Waals surface area contributed by atoms with E-state index in [9.17, 15) is 20.0 Å². The van der Waals surface area contributed by atoms with Gasteiger partial charge in [-0.2, -0.15) is 0 Å². The van der Waals surface area contributed by atoms with Crippen LogP contribution in [0.25, 0.3) is 0 Å². The summed E-state index contributed by atoms with van der Waals surface area (Å²) >= 11 is 0. The third-order valence-corrected chi connectivity index (χ3v) is 23.9. The average molecular weight is 1440 g/mol. The van der Waals surface area contributed by atoms with Crippen molar-refractivity contribution in [2.24, 2.45) is 23.7 Å². The van der Waals surface area contributed by atoms with E-state index in [4.69, 9.17) is 18.9 Å². The Kier molecular flexibility index (Phi) is 41.8. The van der Waals surface area contributed by atoms with Gasteiger partial charge < -0.3 is 29.6 Å². The number of nitrogens with zero attached hydrogens (tertiary/aromatic N) is 2. The minimum absolute atomic E-state index is 0.153. The molecule has 2 N–H and O–H groups in total. The Morgan fingerprint density at radius 1 is 0.337 bits per heavy atom. The van der Waals surface area contributed by atoms with E-state index < -0.39 is 11.1 Å². The van der Waals surface area contributed by atoms with Gasteiger partial charge in [-0.25, -0.2) is 0 Å². The average Bonchev–Trinajstić information content (AvgIpc) is 1.62. The summed E-state index contributed by atoms with van der Waals surface area (Å²) in [7, 11) is 0. The molecule has 12 heteroatoms. The Bertz CT molecular complexity index is 2720. The molecule has 4 aromatic rings. The van der Waals surface area contributed by atoms with Crippen molar-refractivity contribution in [3.63, 3.8) is 0 Å². The topological polar surface area (TPSA) is 141 Å². The summed E-state index contributed by atoms with van der Waals surface area (Å²) in [6.07, 6.45) is 56.9. The Hall–Kier alpha value is -5.14. The molecule has 0 spiro atoms. The lowest BCUT2D eigenvalue weighted by Crippen LogP contribution is -2.34. The van der Waals surface area contributed by atoms with Crippen LogP contribution in [0.4, 0.5) is 0 Å². The molecule has 4 atom stereocenters. The molecule has 1 aliphatic carbocycles. The number of ether oxygens (including phenoxy) is 4. The van der Waals surface area contributed by atoms with Gasteiger partial charge in [-0.1, -0.05) is 295 Å². The molecule has 7 rings (SSSR count). The van der Waals surface area contributed by atoms with Gasteiger partial charge in [0.2, 0.25) is 0 Å². The number of carbonyl (C=O) groups is 2. The minimum Gasteiger partial charge on any atom is -0.490 e. The Labute approximate surface area is 633 Å². The van der Waals surface area contributed by atoms with E-state index in [1.54, 1.807) is 0 Å². The van der Waals surface area contributed by atoms with Crippen LogP contribution in [-0.2, 0) is 34.6 Å². The number of benzene rings is 4. The molecule has 2 radical (unpaired) electrons. The zero-order valence-electron chi connectivity index (χ0n) is 66.7. The van der Waals surface area contributed by atoms with Crippen molar-refractivity contribution < 1.29 is 39.0 Å². The maximum atomic E-state index is 14.0. The molecule has 3 fully saturated rings. The lowest BCUT2D eigenvalue weighted by atomic mass is 9.69. The van der Waals surface area contributed by atoms with Gasteiger partial charge in [0.25, 0.3) is 11.8 Å². The van der Waals surface area contributed by atoms with E-state index in [0.717, 1.165) is 122 Å². The molecular formula is C92H146N4O8. The molecule has 2 heterocycles. The molecule has 104 heavy (non-hydrogen) atoms. The van der Waals surface area contributed by atoms with Gasteiger partial charge in [-0.3, -0.25) is 9.59 Å². The number of hydroxylamine groups is 4. The van der Waals surface area contributed by atoms with Crippen molar-refractivity contribution in [1.29, 1.82) is 0 Å². The first-order chi connectivity index (χ1) is 50.9. The van der Waals surface area contributed by atoms with Crippen LogP contribution in [0.3, 0.4) is 0 Å². The molecular weight excluding hydrogens is 1290 g/mol. The molecule has 4 aromatic carbocycles. The zero-order valence-corrected chi connectivity index (χ0v) is 66.7. The first-order valence-electron chi connectivity index (χ1n) is 43.3. The lowest BCUT2D eigenvalue weighted by Gasteiger charge is -2.35. The van der Waals surface area contributed by atoms with E-state index in [1.807, 2.05) is 84.9 Å². The molecule has 3 aliphatic rings. The predicted octanol–water partition coefficient (Wildman–Crippen LogP) is 25.0. The van der Waals surface area contributed by atoms with Gasteiger partial charge in [-0.15, -0.1) is 20.5 Å². The van der Waals surface area contributed by atoms with Crippen LogP contribution in [0.15, 0.2) is 84.9 Å². The third-order valence-electron chi connectivity index (χ3n) is 23.9. The summed E-state index contributed by atoms with van der Waals surface area (Å²) < 4.78 is 25.6. The number of amides is 2. The van der Waals surface area contributed by atoms with Crippen LogP contribution in [-0.4, -0.2) is 61.5 Å². The molecule has 0 aromatic heterocycles. The number of hydrogen-bond donors (Lipinski definition) is 2. The van der Waals surface area contributed by atoms with Crippen LogP contribution >= 0.6 is 0 Å². The first-order valence-corrected chi connectivity index (χ1v) is 43.3. The fraction of sp³-hybridized carbons (Fsp3) is 0.717. The highest BCUT2D eigenvalue weighted by Crippen LogP contribution is 2.51. The van der Waals surface area contributed by atoms with Crippen LogP contribution in [0.5, 0.6) is 23.0 Å². The highest BCUT2D eigenvalue weighted by molar-refractivity contribution is 5.94. The van der Waals surface area contributed by atoms with Crippen LogP contribution in [0.2, 0.25) is 0 Å². The third kappa shape index (κ3) is 30.5. The molecule has 4 unspecified atom stereocenters. The normalized spacial score (nSPS) is 19.9. The molecule has 2 saturated heterocycles. The second-order valence-electron chi connectivity index (χ2n) is 32.5. The highest BCUT2D eigenvalue weighted by atomic mass is 16.5. The smallest absolute Gasteiger partial charge is 0.251 e. The Morgan fingerprint density at radius 2 is 0.587 bits per heavy atom. The summed E-state index contributed by atoms with van der Waals surface area (Å²) in [6.45, 7) is 17.6. The molecule has 12 nitrogen and oxygen atoms in total. The Balaban J connectivity index is 0.836. The van der Waals surface area contributed by atoms with Gasteiger partial charge in [0, 0.05) is 37.3 Å². The second-order valence-corrected chi connectivity index (χ2v) is 32.5. The molecule has 2 amide bonds. The largest absolute Gasteiger partial charge is 0.490 e. The standard InChI is InChI=1S/C92H146N4O8/c1-7-11-15-19-23-27-31-35-39-43-63-101-85-61-47-75(67-87(85)103-65-45-41-37-33-29-25-21-17-13-9-3)71-93-89(97)79-53-57-83(58-54-79)91(5)69-81(73-95(91)99)77-49-51-78(52-50-77)82-70-92(6,96(100)74-82)84-59-55-80(56-60-84)90(98)94-72-76-48-62-86(102-64-44-40-36-32-28-24-20-16-12-8-2)88(68-76)104-66-46-42-38-34-30-26-22-18-14-10-4/h47-48,53-62,67-68,77-78,81-82H,7-46,49-52,63-66,69-74H2,1-6H3,(H,93,97)(H,94,98). The van der Waals surface area contributed by atoms with Gasteiger partial charge >= 0.3 is 0 Å². The van der Waals surface area contributed by atoms with E-state index in [1.165, 1.54) is 228 Å². The van der Waals surface area contributed by atoms with Crippen LogP contribution < -0.4 is 29.6 Å². The van der Waals surface area contributed by atoms with Crippen molar-refractivity contribution >= 4 is 11.8 Å². The SMILES string of the molecule is CCCCCCCCCCCCOc1ccc(CNC(=O)c2ccc(C3(C)CC(C4CCC(C5CN([O])C(C)(c6ccc(C(=O)NCc7ccc(OCCCCCCCCCCCC)c(OCCCCCCCCCCCC)c7)cc6)C5)CC4)CN3[O])cc2)cc1OCCCCCCCCCCCC. The second kappa shape index (κ2) is 50.5. The molecule has 1 saturated carbocycles. The molecule has 0 bridgehead atoms. The van der Waals surface area contributed by atoms with Gasteiger partial charge in [0.15, 0.2) is 23.0 Å². The van der Waals surface area contributed by atoms with Crippen molar-refractivity contribution in [2.45, 2.75) is 361 Å². The fourth-order valence-corrected chi connectivity index (χ4v) is 16.8. The number of nitrogens with one attached hydrogen (secondary N) is 2. The van der Waals surface area contributed by atoms with Crippen molar-refractivity contribution in [3.8, 4) is 23.0 Å². The number of carbonyl (C=O) groups excluding carboxylic acids is 2. The maximum absolute atomic E-state index is 14.0.